The Balaban J connectivity index is 1.26. The third-order valence-electron chi connectivity index (χ3n) is 16.1. The van der Waals surface area contributed by atoms with E-state index >= 15 is 0 Å². The molecular weight excluding hydrogens is 983 g/mol. The number of likely N-dealkylation sites (tertiary alicyclic amines) is 2. The summed E-state index contributed by atoms with van der Waals surface area (Å²) in [5.41, 5.74) is 1.67. The van der Waals surface area contributed by atoms with Crippen LogP contribution >= 0.6 is 0 Å². The summed E-state index contributed by atoms with van der Waals surface area (Å²) < 4.78 is 0. The molecule has 0 spiro atoms. The Labute approximate surface area is 465 Å². The summed E-state index contributed by atoms with van der Waals surface area (Å²) in [6, 6.07) is 23.4. The van der Waals surface area contributed by atoms with Gasteiger partial charge in [0, 0.05) is 93.1 Å². The first-order chi connectivity index (χ1) is 36.8. The van der Waals surface area contributed by atoms with Crippen LogP contribution in [0.3, 0.4) is 0 Å². The van der Waals surface area contributed by atoms with Crippen molar-refractivity contribution in [3.05, 3.63) is 107 Å². The number of benzene rings is 3. The monoisotopic (exact) mass is 1070 g/mol. The molecule has 0 saturated carbocycles. The number of hydrogen-bond acceptors (Lipinski definition) is 9. The minimum absolute atomic E-state index is 0.0260. The van der Waals surface area contributed by atoms with E-state index < -0.39 is 40.7 Å². The van der Waals surface area contributed by atoms with Crippen LogP contribution in [0, 0.1) is 28.6 Å². The summed E-state index contributed by atoms with van der Waals surface area (Å²) in [4.78, 5) is 119. The third-order valence-corrected chi connectivity index (χ3v) is 16.1. The van der Waals surface area contributed by atoms with Crippen molar-refractivity contribution in [2.45, 2.75) is 164 Å². The van der Waals surface area contributed by atoms with E-state index in [1.165, 1.54) is 0 Å². The van der Waals surface area contributed by atoms with Crippen molar-refractivity contribution in [2.24, 2.45) is 28.6 Å². The molecule has 3 aromatic rings. The smallest absolute Gasteiger partial charge is 0.251 e. The highest BCUT2D eigenvalue weighted by molar-refractivity contribution is 6.01. The number of amides is 6. The Kier molecular flexibility index (Phi) is 23.0. The van der Waals surface area contributed by atoms with Crippen molar-refractivity contribution in [1.29, 1.82) is 0 Å². The van der Waals surface area contributed by atoms with E-state index in [-0.39, 0.29) is 96.6 Å². The van der Waals surface area contributed by atoms with Crippen molar-refractivity contribution >= 4 is 47.0 Å². The first-order valence-electron chi connectivity index (χ1n) is 28.5. The highest BCUT2D eigenvalue weighted by Gasteiger charge is 2.43. The van der Waals surface area contributed by atoms with Crippen molar-refractivity contribution in [1.82, 2.24) is 35.6 Å². The number of likely N-dealkylation sites (N-methyl/N-ethyl adjacent to an activating group) is 1. The molecule has 2 aliphatic rings. The van der Waals surface area contributed by atoms with Crippen molar-refractivity contribution in [2.75, 3.05) is 46.3 Å². The van der Waals surface area contributed by atoms with Gasteiger partial charge < -0.3 is 35.6 Å². The number of hydrogen-bond donors (Lipinski definition) is 3. The molecule has 2 fully saturated rings. The van der Waals surface area contributed by atoms with Crippen LogP contribution in [-0.2, 0) is 41.6 Å². The number of rotatable bonds is 26. The molecule has 5 rings (SSSR count). The minimum Gasteiger partial charge on any atom is -0.344 e. The molecular formula is C63H91N7O8. The SMILES string of the molecule is CC[C@@H](C)C(=O)N[C@H](C(=O)N1CCC[C@H]1CN(CCc1ccccc1)C(=O)[C@H](C)CC(=O)c1ccc(C(=O)N[C@@H](C)C(=O)N(CCc2ccccc2)C[C@@H]2CCCN2C(=O)[C@@H](CC(=O)[C@H](C)NC)C(C)(C)C)cc1)C(C)(C)C. The molecule has 2 aliphatic heterocycles. The molecule has 2 heterocycles. The zero-order valence-corrected chi connectivity index (χ0v) is 48.9. The van der Waals surface area contributed by atoms with Crippen molar-refractivity contribution in [3.63, 3.8) is 0 Å². The molecule has 3 aromatic carbocycles. The summed E-state index contributed by atoms with van der Waals surface area (Å²) in [5.74, 6) is -3.15. The van der Waals surface area contributed by atoms with Gasteiger partial charge in [-0.15, -0.1) is 0 Å². The van der Waals surface area contributed by atoms with Crippen LogP contribution in [0.5, 0.6) is 0 Å². The molecule has 8 atom stereocenters. The Hall–Kier alpha value is -6.22. The van der Waals surface area contributed by atoms with Crippen molar-refractivity contribution < 1.29 is 38.4 Å². The largest absolute Gasteiger partial charge is 0.344 e. The van der Waals surface area contributed by atoms with Crippen LogP contribution in [0.1, 0.15) is 153 Å². The molecule has 3 N–H and O–H groups in total. The van der Waals surface area contributed by atoms with Gasteiger partial charge in [-0.1, -0.05) is 135 Å². The molecule has 78 heavy (non-hydrogen) atoms. The summed E-state index contributed by atoms with van der Waals surface area (Å²) in [5, 5.41) is 8.92. The zero-order chi connectivity index (χ0) is 57.5. The van der Waals surface area contributed by atoms with Gasteiger partial charge in [0.25, 0.3) is 5.91 Å². The number of nitrogens with zero attached hydrogens (tertiary/aromatic N) is 4. The standard InChI is InChI=1S/C63H91N7O8/c1-13-42(2)56(73)66-55(63(9,10)11)61(78)70-35-21-27-51(70)40-67(36-32-46-22-16-14-17-23-46)58(75)43(3)38-54(72)48-28-30-49(31-29-48)57(74)65-45(5)59(76)68(37-33-47-24-18-15-19-25-47)41-50-26-20-34-69(50)60(77)52(62(6,7)8)39-53(71)44(4)64-12/h14-19,22-25,28-31,42-45,50-52,55,64H,13,20-21,26-27,32-41H2,1-12H3,(H,65,74)(H,66,73)/t42-,43-,44+,45+,50+,51+,52-,55-/m1/s1. The fraction of sp³-hybridized carbons (Fsp3) is 0.587. The number of ketones is 2. The molecule has 0 unspecified atom stereocenters. The van der Waals surface area contributed by atoms with Gasteiger partial charge >= 0.3 is 0 Å². The number of carbonyl (C=O) groups excluding carboxylic acids is 8. The van der Waals surface area contributed by atoms with Crippen LogP contribution in [0.15, 0.2) is 84.9 Å². The second-order valence-corrected chi connectivity index (χ2v) is 24.2. The molecule has 15 heteroatoms. The average Bonchev–Trinajstić information content (AvgIpc) is 4.10. The summed E-state index contributed by atoms with van der Waals surface area (Å²) >= 11 is 0. The highest BCUT2D eigenvalue weighted by atomic mass is 16.2. The topological polar surface area (TPSA) is 186 Å². The predicted octanol–water partition coefficient (Wildman–Crippen LogP) is 7.94. The maximum atomic E-state index is 14.5. The fourth-order valence-corrected chi connectivity index (χ4v) is 10.5. The lowest BCUT2D eigenvalue weighted by Gasteiger charge is -2.38. The molecule has 426 valence electrons. The fourth-order valence-electron chi connectivity index (χ4n) is 10.5. The number of Topliss-reactive ketones (excluding diaryl/α,β-unsaturated/α-hetero) is 2. The van der Waals surface area contributed by atoms with Gasteiger partial charge in [0.15, 0.2) is 5.78 Å². The highest BCUT2D eigenvalue weighted by Crippen LogP contribution is 2.34. The van der Waals surface area contributed by atoms with Gasteiger partial charge in [-0.2, -0.15) is 0 Å². The molecule has 0 radical (unpaired) electrons. The summed E-state index contributed by atoms with van der Waals surface area (Å²) in [7, 11) is 1.73. The van der Waals surface area contributed by atoms with Gasteiger partial charge in [0.05, 0.1) is 6.04 Å². The molecule has 0 aromatic heterocycles. The normalized spacial score (nSPS) is 18.0. The Bertz CT molecular complexity index is 2330. The Morgan fingerprint density at radius 2 is 1.08 bits per heavy atom. The van der Waals surface area contributed by atoms with E-state index in [0.717, 1.165) is 24.0 Å². The Morgan fingerprint density at radius 3 is 1.55 bits per heavy atom. The van der Waals surface area contributed by atoms with Gasteiger partial charge in [0.1, 0.15) is 17.9 Å². The van der Waals surface area contributed by atoms with Gasteiger partial charge in [0.2, 0.25) is 29.5 Å². The van der Waals surface area contributed by atoms with Gasteiger partial charge in [-0.25, -0.2) is 0 Å². The van der Waals surface area contributed by atoms with E-state index in [0.29, 0.717) is 63.8 Å². The molecule has 0 bridgehead atoms. The van der Waals surface area contributed by atoms with E-state index in [2.05, 4.69) is 16.0 Å². The van der Waals surface area contributed by atoms with E-state index in [1.54, 1.807) is 61.9 Å². The molecule has 6 amide bonds. The quantitative estimate of drug-likeness (QED) is 0.0672. The van der Waals surface area contributed by atoms with Crippen molar-refractivity contribution in [3.8, 4) is 0 Å². The second-order valence-electron chi connectivity index (χ2n) is 24.2. The molecule has 2 saturated heterocycles. The van der Waals surface area contributed by atoms with E-state index in [9.17, 15) is 38.4 Å². The van der Waals surface area contributed by atoms with Crippen LogP contribution < -0.4 is 16.0 Å². The first-order valence-corrected chi connectivity index (χ1v) is 28.5. The van der Waals surface area contributed by atoms with Crippen LogP contribution in [0.2, 0.25) is 0 Å². The molecule has 0 aliphatic carbocycles. The zero-order valence-electron chi connectivity index (χ0n) is 48.9. The van der Waals surface area contributed by atoms with Gasteiger partial charge in [-0.3, -0.25) is 38.4 Å². The third kappa shape index (κ3) is 17.4. The second kappa shape index (κ2) is 28.6. The first kappa shape index (κ1) is 62.6. The predicted molar refractivity (Wildman–Crippen MR) is 306 cm³/mol. The van der Waals surface area contributed by atoms with Crippen LogP contribution in [-0.4, -0.2) is 143 Å². The molecule has 15 nitrogen and oxygen atoms in total. The minimum atomic E-state index is -0.926. The van der Waals surface area contributed by atoms with Crippen LogP contribution in [0.25, 0.3) is 0 Å². The Morgan fingerprint density at radius 1 is 0.590 bits per heavy atom. The average molecular weight is 1070 g/mol. The maximum Gasteiger partial charge on any atom is 0.251 e. The summed E-state index contributed by atoms with van der Waals surface area (Å²) in [6.45, 7) is 23.1. The number of carbonyl (C=O) groups is 8. The van der Waals surface area contributed by atoms with E-state index in [4.69, 9.17) is 0 Å². The van der Waals surface area contributed by atoms with E-state index in [1.807, 2.05) is 126 Å². The maximum absolute atomic E-state index is 14.5. The lowest BCUT2D eigenvalue weighted by molar-refractivity contribution is -0.144. The summed E-state index contributed by atoms with van der Waals surface area (Å²) in [6.07, 6.45) is 4.78. The lowest BCUT2D eigenvalue weighted by Crippen LogP contribution is -2.58. The number of nitrogens with one attached hydrogen (secondary N) is 3. The van der Waals surface area contributed by atoms with Gasteiger partial charge in [-0.05, 0) is 99.9 Å². The lowest BCUT2D eigenvalue weighted by atomic mass is 9.76. The van der Waals surface area contributed by atoms with Crippen LogP contribution in [0.4, 0.5) is 0 Å².